The number of ether oxygens (including phenoxy) is 1. The van der Waals surface area contributed by atoms with Gasteiger partial charge >= 0.3 is 0 Å². The Balaban J connectivity index is 0.00000176. The van der Waals surface area contributed by atoms with Crippen LogP contribution < -0.4 is 10.1 Å². The summed E-state index contributed by atoms with van der Waals surface area (Å²) in [4.78, 5) is 6.84. The van der Waals surface area contributed by atoms with E-state index in [1.807, 2.05) is 24.3 Å². The maximum Gasteiger partial charge on any atom is 0.257 e. The third-order valence-corrected chi connectivity index (χ3v) is 3.79. The molecule has 0 amide bonds. The lowest BCUT2D eigenvalue weighted by atomic mass is 10.2. The zero-order valence-electron chi connectivity index (χ0n) is 12.8. The Hall–Kier alpha value is -1.63. The number of aromatic nitrogens is 2. The molecule has 1 N–H and O–H groups in total. The number of nitrogens with one attached hydrogen (secondary N) is 1. The van der Waals surface area contributed by atoms with Crippen LogP contribution in [0.1, 0.15) is 12.7 Å². The van der Waals surface area contributed by atoms with E-state index >= 15 is 0 Å². The maximum atomic E-state index is 5.36. The van der Waals surface area contributed by atoms with Crippen LogP contribution in [-0.2, 0) is 6.54 Å². The van der Waals surface area contributed by atoms with E-state index in [1.165, 1.54) is 0 Å². The summed E-state index contributed by atoms with van der Waals surface area (Å²) in [6, 6.07) is 8.10. The summed E-state index contributed by atoms with van der Waals surface area (Å²) in [5, 5.41) is 7.46. The summed E-state index contributed by atoms with van der Waals surface area (Å²) in [6.07, 6.45) is 0. The lowest BCUT2D eigenvalue weighted by Crippen LogP contribution is -2.49. The van der Waals surface area contributed by atoms with Crippen LogP contribution in [-0.4, -0.2) is 47.8 Å². The number of piperazine rings is 1. The molecule has 0 radical (unpaired) electrons. The van der Waals surface area contributed by atoms with Gasteiger partial charge in [-0.15, -0.1) is 12.4 Å². The molecule has 3 rings (SSSR count). The molecule has 120 valence electrons. The maximum absolute atomic E-state index is 5.36. The van der Waals surface area contributed by atoms with Crippen LogP contribution >= 0.6 is 12.4 Å². The van der Waals surface area contributed by atoms with Gasteiger partial charge in [0.05, 0.1) is 13.7 Å². The van der Waals surface area contributed by atoms with Crippen molar-refractivity contribution in [2.24, 2.45) is 0 Å². The van der Waals surface area contributed by atoms with Crippen LogP contribution in [0.15, 0.2) is 28.8 Å². The van der Waals surface area contributed by atoms with Crippen molar-refractivity contribution in [1.82, 2.24) is 20.4 Å². The second-order valence-electron chi connectivity index (χ2n) is 5.27. The molecule has 22 heavy (non-hydrogen) atoms. The molecule has 0 unspecified atom stereocenters. The standard InChI is InChI=1S/C15H20N4O2.ClH/c1-11-9-16-7-8-19(11)10-14-17-15(21-18-14)12-3-5-13(20-2)6-4-12;/h3-6,11,16H,7-10H2,1-2H3;1H/t11-;/m1./s1. The van der Waals surface area contributed by atoms with Crippen LogP contribution in [0.4, 0.5) is 0 Å². The zero-order valence-corrected chi connectivity index (χ0v) is 13.6. The Labute approximate surface area is 136 Å². The van der Waals surface area contributed by atoms with Crippen LogP contribution in [0.2, 0.25) is 0 Å². The second-order valence-corrected chi connectivity index (χ2v) is 5.27. The molecule has 6 nitrogen and oxygen atoms in total. The van der Waals surface area contributed by atoms with E-state index < -0.39 is 0 Å². The van der Waals surface area contributed by atoms with E-state index in [0.717, 1.165) is 43.3 Å². The van der Waals surface area contributed by atoms with E-state index in [0.29, 0.717) is 11.9 Å². The molecule has 0 saturated carbocycles. The lowest BCUT2D eigenvalue weighted by molar-refractivity contribution is 0.160. The Morgan fingerprint density at radius 2 is 2.14 bits per heavy atom. The molecule has 2 aromatic rings. The average Bonchev–Trinajstić information content (AvgIpc) is 2.98. The molecule has 2 heterocycles. The van der Waals surface area contributed by atoms with E-state index in [4.69, 9.17) is 9.26 Å². The monoisotopic (exact) mass is 324 g/mol. The largest absolute Gasteiger partial charge is 0.497 e. The van der Waals surface area contributed by atoms with E-state index in [1.54, 1.807) is 7.11 Å². The first-order chi connectivity index (χ1) is 10.3. The first-order valence-electron chi connectivity index (χ1n) is 7.18. The van der Waals surface area contributed by atoms with Gasteiger partial charge in [0.2, 0.25) is 0 Å². The van der Waals surface area contributed by atoms with Crippen molar-refractivity contribution in [1.29, 1.82) is 0 Å². The van der Waals surface area contributed by atoms with Crippen molar-refractivity contribution in [3.05, 3.63) is 30.1 Å². The highest BCUT2D eigenvalue weighted by molar-refractivity contribution is 5.85. The number of nitrogens with zero attached hydrogens (tertiary/aromatic N) is 3. The Morgan fingerprint density at radius 3 is 2.82 bits per heavy atom. The van der Waals surface area contributed by atoms with Crippen molar-refractivity contribution < 1.29 is 9.26 Å². The van der Waals surface area contributed by atoms with Gasteiger partial charge in [-0.2, -0.15) is 4.98 Å². The van der Waals surface area contributed by atoms with Gasteiger partial charge in [0.1, 0.15) is 5.75 Å². The molecule has 1 fully saturated rings. The van der Waals surface area contributed by atoms with Gasteiger partial charge in [-0.05, 0) is 31.2 Å². The Kier molecular flexibility index (Phi) is 5.76. The van der Waals surface area contributed by atoms with Crippen LogP contribution in [0.5, 0.6) is 5.75 Å². The Bertz CT molecular complexity index is 587. The number of methoxy groups -OCH3 is 1. The van der Waals surface area contributed by atoms with Crippen molar-refractivity contribution >= 4 is 12.4 Å². The van der Waals surface area contributed by atoms with Crippen molar-refractivity contribution in [3.63, 3.8) is 0 Å². The van der Waals surface area contributed by atoms with Gasteiger partial charge in [-0.1, -0.05) is 5.16 Å². The highest BCUT2D eigenvalue weighted by Crippen LogP contribution is 2.21. The predicted octanol–water partition coefficient (Wildman–Crippen LogP) is 1.96. The normalized spacial score (nSPS) is 18.7. The molecule has 0 aliphatic carbocycles. The fraction of sp³-hybridized carbons (Fsp3) is 0.467. The molecule has 1 saturated heterocycles. The summed E-state index contributed by atoms with van der Waals surface area (Å²) < 4.78 is 10.5. The molecule has 1 aliphatic heterocycles. The third-order valence-electron chi connectivity index (χ3n) is 3.79. The van der Waals surface area contributed by atoms with E-state index in [2.05, 4.69) is 27.3 Å². The highest BCUT2D eigenvalue weighted by atomic mass is 35.5. The molecule has 0 spiro atoms. The second kappa shape index (κ2) is 7.58. The molecule has 1 aromatic carbocycles. The van der Waals surface area contributed by atoms with Crippen molar-refractivity contribution in [2.45, 2.75) is 19.5 Å². The minimum atomic E-state index is 0. The van der Waals surface area contributed by atoms with E-state index in [9.17, 15) is 0 Å². The summed E-state index contributed by atoms with van der Waals surface area (Å²) in [7, 11) is 1.65. The minimum Gasteiger partial charge on any atom is -0.497 e. The molecular formula is C15H21ClN4O2. The summed E-state index contributed by atoms with van der Waals surface area (Å²) in [5.41, 5.74) is 0.905. The number of benzene rings is 1. The fourth-order valence-corrected chi connectivity index (χ4v) is 2.47. The lowest BCUT2D eigenvalue weighted by Gasteiger charge is -2.32. The molecular weight excluding hydrogens is 304 g/mol. The van der Waals surface area contributed by atoms with Gasteiger partial charge in [-0.25, -0.2) is 0 Å². The topological polar surface area (TPSA) is 63.4 Å². The summed E-state index contributed by atoms with van der Waals surface area (Å²) in [5.74, 6) is 2.10. The number of rotatable bonds is 4. The van der Waals surface area contributed by atoms with Gasteiger partial charge in [0, 0.05) is 31.2 Å². The minimum absolute atomic E-state index is 0. The van der Waals surface area contributed by atoms with Gasteiger partial charge in [0.15, 0.2) is 5.82 Å². The van der Waals surface area contributed by atoms with Crippen molar-refractivity contribution in [2.75, 3.05) is 26.7 Å². The zero-order chi connectivity index (χ0) is 14.7. The average molecular weight is 325 g/mol. The quantitative estimate of drug-likeness (QED) is 0.927. The first-order valence-corrected chi connectivity index (χ1v) is 7.18. The third kappa shape index (κ3) is 3.76. The van der Waals surface area contributed by atoms with Gasteiger partial charge < -0.3 is 14.6 Å². The molecule has 1 atom stereocenters. The predicted molar refractivity (Wildman–Crippen MR) is 86.3 cm³/mol. The molecule has 1 aliphatic rings. The van der Waals surface area contributed by atoms with Gasteiger partial charge in [-0.3, -0.25) is 4.90 Å². The van der Waals surface area contributed by atoms with Crippen molar-refractivity contribution in [3.8, 4) is 17.2 Å². The van der Waals surface area contributed by atoms with Crippen LogP contribution in [0.3, 0.4) is 0 Å². The number of hydrogen-bond donors (Lipinski definition) is 1. The van der Waals surface area contributed by atoms with Gasteiger partial charge in [0.25, 0.3) is 5.89 Å². The van der Waals surface area contributed by atoms with Crippen LogP contribution in [0, 0.1) is 0 Å². The number of hydrogen-bond acceptors (Lipinski definition) is 6. The van der Waals surface area contributed by atoms with Crippen LogP contribution in [0.25, 0.3) is 11.5 Å². The summed E-state index contributed by atoms with van der Waals surface area (Å²) in [6.45, 7) is 5.95. The Morgan fingerprint density at radius 1 is 1.36 bits per heavy atom. The SMILES string of the molecule is COc1ccc(-c2nc(CN3CCNC[C@H]3C)no2)cc1.Cl. The highest BCUT2D eigenvalue weighted by Gasteiger charge is 2.20. The first kappa shape index (κ1) is 16.7. The molecule has 1 aromatic heterocycles. The fourth-order valence-electron chi connectivity index (χ4n) is 2.47. The molecule has 0 bridgehead atoms. The molecule has 7 heteroatoms. The smallest absolute Gasteiger partial charge is 0.257 e. The van der Waals surface area contributed by atoms with E-state index in [-0.39, 0.29) is 12.4 Å². The number of halogens is 1. The summed E-state index contributed by atoms with van der Waals surface area (Å²) >= 11 is 0.